The van der Waals surface area contributed by atoms with E-state index >= 15 is 0 Å². The van der Waals surface area contributed by atoms with E-state index in [1.165, 1.54) is 0 Å². The Morgan fingerprint density at radius 3 is 2.62 bits per heavy atom. The molecule has 0 aliphatic heterocycles. The van der Waals surface area contributed by atoms with Gasteiger partial charge in [-0.1, -0.05) is 39.0 Å². The van der Waals surface area contributed by atoms with Crippen molar-refractivity contribution in [2.24, 2.45) is 0 Å². The molecule has 0 aliphatic carbocycles. The second kappa shape index (κ2) is 4.73. The first kappa shape index (κ1) is 13.4. The zero-order valence-electron chi connectivity index (χ0n) is 12.2. The summed E-state index contributed by atoms with van der Waals surface area (Å²) in [6.45, 7) is 6.23. The Hall–Kier alpha value is -2.63. The summed E-state index contributed by atoms with van der Waals surface area (Å²) in [5, 5.41) is 17.5. The molecule has 1 amide bonds. The number of carbonyl (C=O) groups excluding carboxylic acids is 1. The van der Waals surface area contributed by atoms with Gasteiger partial charge < -0.3 is 5.32 Å². The van der Waals surface area contributed by atoms with Crippen LogP contribution >= 0.6 is 0 Å². The maximum Gasteiger partial charge on any atom is 0.278 e. The van der Waals surface area contributed by atoms with E-state index in [1.54, 1.807) is 0 Å². The molecule has 0 saturated heterocycles. The summed E-state index contributed by atoms with van der Waals surface area (Å²) in [5.41, 5.74) is 2.12. The van der Waals surface area contributed by atoms with Crippen molar-refractivity contribution >= 4 is 22.6 Å². The molecule has 0 saturated carbocycles. The van der Waals surface area contributed by atoms with Crippen LogP contribution in [0.15, 0.2) is 30.3 Å². The minimum absolute atomic E-state index is 0.0466. The van der Waals surface area contributed by atoms with Crippen LogP contribution in [0.5, 0.6) is 0 Å². The minimum atomic E-state index is -0.278. The molecule has 3 N–H and O–H groups in total. The van der Waals surface area contributed by atoms with Crippen molar-refractivity contribution in [1.29, 1.82) is 0 Å². The fourth-order valence-electron chi connectivity index (χ4n) is 2.08. The molecule has 108 valence electrons. The Balaban J connectivity index is 1.85. The summed E-state index contributed by atoms with van der Waals surface area (Å²) in [4.78, 5) is 12.3. The highest BCUT2D eigenvalue weighted by molar-refractivity contribution is 6.10. The first-order valence-corrected chi connectivity index (χ1v) is 6.75. The summed E-state index contributed by atoms with van der Waals surface area (Å²) in [7, 11) is 0. The number of carbonyl (C=O) groups is 1. The Kier molecular flexibility index (Phi) is 3.01. The van der Waals surface area contributed by atoms with Crippen molar-refractivity contribution in [3.8, 4) is 0 Å². The van der Waals surface area contributed by atoms with Gasteiger partial charge in [-0.05, 0) is 6.07 Å². The van der Waals surface area contributed by atoms with Crippen LogP contribution in [0.2, 0.25) is 0 Å². The van der Waals surface area contributed by atoms with E-state index in [4.69, 9.17) is 0 Å². The van der Waals surface area contributed by atoms with Crippen LogP contribution in [0.3, 0.4) is 0 Å². The van der Waals surface area contributed by atoms with Crippen molar-refractivity contribution in [2.75, 3.05) is 5.32 Å². The molecule has 0 fully saturated rings. The van der Waals surface area contributed by atoms with Gasteiger partial charge in [0.05, 0.1) is 5.52 Å². The maximum absolute atomic E-state index is 12.3. The lowest BCUT2D eigenvalue weighted by molar-refractivity contribution is 0.102. The van der Waals surface area contributed by atoms with Crippen LogP contribution < -0.4 is 5.32 Å². The summed E-state index contributed by atoms with van der Waals surface area (Å²) < 4.78 is 0. The molecule has 0 unspecified atom stereocenters. The molecule has 0 aliphatic rings. The highest BCUT2D eigenvalue weighted by Crippen LogP contribution is 2.22. The molecule has 2 aromatic heterocycles. The predicted octanol–water partition coefficient (Wildman–Crippen LogP) is 2.84. The van der Waals surface area contributed by atoms with Crippen molar-refractivity contribution in [3.05, 3.63) is 41.7 Å². The zero-order chi connectivity index (χ0) is 15.0. The van der Waals surface area contributed by atoms with Gasteiger partial charge in [0.2, 0.25) is 0 Å². The maximum atomic E-state index is 12.3. The molecule has 2 heterocycles. The summed E-state index contributed by atoms with van der Waals surface area (Å²) in [6.07, 6.45) is 0. The van der Waals surface area contributed by atoms with E-state index in [9.17, 15) is 4.79 Å². The van der Waals surface area contributed by atoms with Crippen molar-refractivity contribution in [3.63, 3.8) is 0 Å². The van der Waals surface area contributed by atoms with Gasteiger partial charge in [-0.25, -0.2) is 0 Å². The van der Waals surface area contributed by atoms with Crippen LogP contribution in [0, 0.1) is 0 Å². The number of rotatable bonds is 2. The molecule has 0 bridgehead atoms. The second-order valence-electron chi connectivity index (χ2n) is 5.99. The second-order valence-corrected chi connectivity index (χ2v) is 5.99. The van der Waals surface area contributed by atoms with Gasteiger partial charge in [0.1, 0.15) is 0 Å². The van der Waals surface area contributed by atoms with Crippen LogP contribution in [0.25, 0.3) is 10.9 Å². The van der Waals surface area contributed by atoms with Crippen LogP contribution in [0.4, 0.5) is 5.82 Å². The Morgan fingerprint density at radius 1 is 1.14 bits per heavy atom. The Bertz CT molecular complexity index is 794. The normalized spacial score (nSPS) is 11.8. The molecule has 21 heavy (non-hydrogen) atoms. The number of hydrogen-bond acceptors (Lipinski definition) is 3. The molecule has 1 aromatic carbocycles. The zero-order valence-corrected chi connectivity index (χ0v) is 12.2. The number of para-hydroxylation sites is 1. The highest BCUT2D eigenvalue weighted by Gasteiger charge is 2.19. The molecule has 3 rings (SSSR count). The molecular weight excluding hydrogens is 266 g/mol. The van der Waals surface area contributed by atoms with Crippen molar-refractivity contribution in [1.82, 2.24) is 20.4 Å². The number of anilines is 1. The van der Waals surface area contributed by atoms with Gasteiger partial charge in [-0.2, -0.15) is 10.2 Å². The summed E-state index contributed by atoms with van der Waals surface area (Å²) in [6, 6.07) is 9.35. The van der Waals surface area contributed by atoms with E-state index in [0.29, 0.717) is 11.5 Å². The van der Waals surface area contributed by atoms with Crippen LogP contribution in [-0.4, -0.2) is 26.3 Å². The minimum Gasteiger partial charge on any atom is -0.304 e. The average Bonchev–Trinajstić information content (AvgIpc) is 3.03. The van der Waals surface area contributed by atoms with Crippen LogP contribution in [-0.2, 0) is 5.41 Å². The number of nitrogens with one attached hydrogen (secondary N) is 3. The van der Waals surface area contributed by atoms with Gasteiger partial charge >= 0.3 is 0 Å². The smallest absolute Gasteiger partial charge is 0.278 e. The number of hydrogen-bond donors (Lipinski definition) is 3. The molecule has 0 spiro atoms. The molecule has 3 aromatic rings. The molecule has 0 atom stereocenters. The van der Waals surface area contributed by atoms with E-state index in [0.717, 1.165) is 16.6 Å². The lowest BCUT2D eigenvalue weighted by atomic mass is 9.92. The van der Waals surface area contributed by atoms with Gasteiger partial charge in [0.25, 0.3) is 5.91 Å². The van der Waals surface area contributed by atoms with E-state index in [2.05, 4.69) is 46.5 Å². The quantitative estimate of drug-likeness (QED) is 0.676. The fraction of sp³-hybridized carbons (Fsp3) is 0.267. The third-order valence-corrected chi connectivity index (χ3v) is 3.31. The standard InChI is InChI=1S/C15H17N5O/c1-15(2,3)11-8-12(19-18-11)16-14(21)13-9-6-4-5-7-10(9)17-20-13/h4-8H,1-3H3,(H,17,20)(H2,16,18,19,21). The first-order valence-electron chi connectivity index (χ1n) is 6.75. The van der Waals surface area contributed by atoms with Gasteiger partial charge in [0, 0.05) is 22.6 Å². The van der Waals surface area contributed by atoms with Crippen molar-refractivity contribution < 1.29 is 4.79 Å². The fourth-order valence-corrected chi connectivity index (χ4v) is 2.08. The number of nitrogens with zero attached hydrogens (tertiary/aromatic N) is 2. The predicted molar refractivity (Wildman–Crippen MR) is 81.3 cm³/mol. The number of aromatic nitrogens is 4. The lowest BCUT2D eigenvalue weighted by Crippen LogP contribution is -2.13. The molecule has 6 nitrogen and oxygen atoms in total. The molecule has 6 heteroatoms. The number of amides is 1. The number of fused-ring (bicyclic) bond motifs is 1. The third-order valence-electron chi connectivity index (χ3n) is 3.31. The van der Waals surface area contributed by atoms with Gasteiger partial charge in [0.15, 0.2) is 11.5 Å². The Morgan fingerprint density at radius 2 is 1.90 bits per heavy atom. The third kappa shape index (κ3) is 2.52. The van der Waals surface area contributed by atoms with Crippen LogP contribution in [0.1, 0.15) is 37.0 Å². The van der Waals surface area contributed by atoms with Crippen molar-refractivity contribution in [2.45, 2.75) is 26.2 Å². The monoisotopic (exact) mass is 283 g/mol. The van der Waals surface area contributed by atoms with Gasteiger partial charge in [-0.3, -0.25) is 15.0 Å². The van der Waals surface area contributed by atoms with E-state index < -0.39 is 0 Å². The average molecular weight is 283 g/mol. The largest absolute Gasteiger partial charge is 0.304 e. The Labute approximate surface area is 122 Å². The number of aromatic amines is 2. The van der Waals surface area contributed by atoms with Gasteiger partial charge in [-0.15, -0.1) is 0 Å². The van der Waals surface area contributed by atoms with E-state index in [-0.39, 0.29) is 11.3 Å². The molecule has 0 radical (unpaired) electrons. The number of H-pyrrole nitrogens is 2. The topological polar surface area (TPSA) is 86.5 Å². The first-order chi connectivity index (χ1) is 9.95. The highest BCUT2D eigenvalue weighted by atomic mass is 16.2. The lowest BCUT2D eigenvalue weighted by Gasteiger charge is -2.14. The van der Waals surface area contributed by atoms with E-state index in [1.807, 2.05) is 30.3 Å². The summed E-state index contributed by atoms with van der Waals surface area (Å²) in [5.74, 6) is 0.219. The number of benzene rings is 1. The molecular formula is C15H17N5O. The SMILES string of the molecule is CC(C)(C)c1cc(NC(=O)c2n[nH]c3ccccc23)n[nH]1. The summed E-state index contributed by atoms with van der Waals surface area (Å²) >= 11 is 0.